The Labute approximate surface area is 69.7 Å². The van der Waals surface area contributed by atoms with E-state index in [0.29, 0.717) is 5.41 Å². The van der Waals surface area contributed by atoms with Crippen LogP contribution in [0.4, 0.5) is 0 Å². The minimum absolute atomic E-state index is 0.0693. The van der Waals surface area contributed by atoms with E-state index in [1.165, 1.54) is 0 Å². The molecule has 0 saturated carbocycles. The molecule has 0 aromatic heterocycles. The zero-order valence-corrected chi connectivity index (χ0v) is 7.50. The fourth-order valence-electron chi connectivity index (χ4n) is 0.307. The third-order valence-electron chi connectivity index (χ3n) is 0.516. The fraction of sp³-hybridized carbons (Fsp3) is 0.500. The Morgan fingerprint density at radius 3 is 2.40 bits per heavy atom. The van der Waals surface area contributed by atoms with E-state index >= 15 is 0 Å². The number of halogens is 2. The van der Waals surface area contributed by atoms with E-state index in [2.05, 4.69) is 4.18 Å². The molecule has 0 atom stereocenters. The molecular weight excluding hydrogens is 199 g/mol. The first kappa shape index (κ1) is 10.2. The van der Waals surface area contributed by atoms with Crippen LogP contribution < -0.4 is 0 Å². The summed E-state index contributed by atoms with van der Waals surface area (Å²) in [6, 6.07) is 0. The van der Waals surface area contributed by atoms with Gasteiger partial charge in [-0.1, -0.05) is 23.2 Å². The molecule has 3 nitrogen and oxygen atoms in total. The van der Waals surface area contributed by atoms with Crippen LogP contribution in [0, 0.1) is 0 Å². The molecule has 0 aromatic carbocycles. The topological polar surface area (TPSA) is 43.4 Å². The van der Waals surface area contributed by atoms with Crippen molar-refractivity contribution in [1.29, 1.82) is 0 Å². The molecule has 0 aliphatic heterocycles. The maximum absolute atomic E-state index is 10.6. The first-order chi connectivity index (χ1) is 4.48. The van der Waals surface area contributed by atoms with Crippen LogP contribution in [-0.2, 0) is 14.3 Å². The number of rotatable bonds is 3. The van der Waals surface area contributed by atoms with Gasteiger partial charge in [-0.25, -0.2) is 0 Å². The van der Waals surface area contributed by atoms with Gasteiger partial charge in [0.05, 0.1) is 12.0 Å². The Bertz CT molecular complexity index is 215. The van der Waals surface area contributed by atoms with Gasteiger partial charge in [-0.2, -0.15) is 8.42 Å². The van der Waals surface area contributed by atoms with Crippen LogP contribution in [0.15, 0.2) is 9.90 Å². The average molecular weight is 205 g/mol. The Hall–Kier alpha value is 0.230. The van der Waals surface area contributed by atoms with Crippen molar-refractivity contribution in [3.63, 3.8) is 0 Å². The minimum Gasteiger partial charge on any atom is -0.267 e. The Morgan fingerprint density at radius 2 is 2.10 bits per heavy atom. The van der Waals surface area contributed by atoms with Gasteiger partial charge < -0.3 is 0 Å². The Balaban J connectivity index is 4.30. The second kappa shape index (κ2) is 4.18. The third-order valence-corrected chi connectivity index (χ3v) is 2.08. The van der Waals surface area contributed by atoms with E-state index in [-0.39, 0.29) is 11.1 Å². The van der Waals surface area contributed by atoms with Gasteiger partial charge in [-0.3, -0.25) is 4.18 Å². The first-order valence-electron chi connectivity index (χ1n) is 2.40. The lowest BCUT2D eigenvalue weighted by molar-refractivity contribution is 0.345. The van der Waals surface area contributed by atoms with Gasteiger partial charge in [0.15, 0.2) is 0 Å². The van der Waals surface area contributed by atoms with Gasteiger partial charge in [-0.15, -0.1) is 0 Å². The maximum Gasteiger partial charge on any atom is 0.292 e. The van der Waals surface area contributed by atoms with Crippen molar-refractivity contribution in [2.24, 2.45) is 0 Å². The highest BCUT2D eigenvalue weighted by Gasteiger charge is 2.05. The molecule has 0 radical (unpaired) electrons. The van der Waals surface area contributed by atoms with Gasteiger partial charge in [0.2, 0.25) is 0 Å². The van der Waals surface area contributed by atoms with Crippen molar-refractivity contribution in [2.75, 3.05) is 6.61 Å². The second-order valence-corrected chi connectivity index (χ2v) is 3.77. The molecule has 0 spiro atoms. The van der Waals surface area contributed by atoms with E-state index in [4.69, 9.17) is 23.2 Å². The number of hydrogen-bond acceptors (Lipinski definition) is 3. The summed E-state index contributed by atoms with van der Waals surface area (Å²) in [5, 5.41) is 0.639. The third kappa shape index (κ3) is 5.05. The van der Waals surface area contributed by atoms with E-state index in [1.807, 2.05) is 0 Å². The molecule has 10 heavy (non-hydrogen) atoms. The normalized spacial score (nSPS) is 11.1. The minimum atomic E-state index is -3.66. The highest BCUT2D eigenvalue weighted by atomic mass is 35.5. The van der Waals surface area contributed by atoms with Crippen molar-refractivity contribution in [3.8, 4) is 0 Å². The molecule has 0 saturated heterocycles. The molecular formula is C4H6Cl2O3S. The second-order valence-electron chi connectivity index (χ2n) is 1.31. The van der Waals surface area contributed by atoms with Gasteiger partial charge in [0.25, 0.3) is 10.1 Å². The lowest BCUT2D eigenvalue weighted by atomic mass is 10.9. The van der Waals surface area contributed by atoms with E-state index < -0.39 is 10.1 Å². The Morgan fingerprint density at radius 1 is 1.60 bits per heavy atom. The maximum atomic E-state index is 10.6. The zero-order chi connectivity index (χ0) is 8.20. The standard InChI is InChI=1S/C4H6Cl2O3S/c1-2-9-10(7,8)3-4(5)6/h3H,2H2,1H3. The monoisotopic (exact) mass is 204 g/mol. The molecule has 0 rings (SSSR count). The molecule has 0 heterocycles. The zero-order valence-electron chi connectivity index (χ0n) is 5.17. The van der Waals surface area contributed by atoms with Crippen LogP contribution in [0.3, 0.4) is 0 Å². The van der Waals surface area contributed by atoms with Crippen molar-refractivity contribution >= 4 is 33.3 Å². The van der Waals surface area contributed by atoms with Crippen molar-refractivity contribution in [1.82, 2.24) is 0 Å². The SMILES string of the molecule is CCOS(=O)(=O)C=C(Cl)Cl. The molecule has 0 aromatic rings. The van der Waals surface area contributed by atoms with Crippen LogP contribution in [0.5, 0.6) is 0 Å². The number of hydrogen-bond donors (Lipinski definition) is 0. The Kier molecular flexibility index (Phi) is 4.28. The van der Waals surface area contributed by atoms with Crippen molar-refractivity contribution < 1.29 is 12.6 Å². The van der Waals surface area contributed by atoms with Crippen molar-refractivity contribution in [3.05, 3.63) is 9.90 Å². The molecule has 0 fully saturated rings. The lowest BCUT2D eigenvalue weighted by Gasteiger charge is -1.94. The largest absolute Gasteiger partial charge is 0.292 e. The van der Waals surface area contributed by atoms with Crippen LogP contribution in [0.2, 0.25) is 0 Å². The predicted octanol–water partition coefficient (Wildman–Crippen LogP) is 1.63. The van der Waals surface area contributed by atoms with Crippen LogP contribution in [0.25, 0.3) is 0 Å². The lowest BCUT2D eigenvalue weighted by Crippen LogP contribution is -2.00. The van der Waals surface area contributed by atoms with E-state index in [1.54, 1.807) is 6.92 Å². The summed E-state index contributed by atoms with van der Waals surface area (Å²) < 4.78 is 25.1. The van der Waals surface area contributed by atoms with Crippen molar-refractivity contribution in [2.45, 2.75) is 6.92 Å². The van der Waals surface area contributed by atoms with Gasteiger partial charge in [-0.05, 0) is 6.92 Å². The predicted molar refractivity (Wildman–Crippen MR) is 40.3 cm³/mol. The van der Waals surface area contributed by atoms with Gasteiger partial charge in [0.1, 0.15) is 4.49 Å². The molecule has 60 valence electrons. The summed E-state index contributed by atoms with van der Waals surface area (Å²) in [6.07, 6.45) is 0. The van der Waals surface area contributed by atoms with Crippen LogP contribution >= 0.6 is 23.2 Å². The smallest absolute Gasteiger partial charge is 0.267 e. The summed E-state index contributed by atoms with van der Waals surface area (Å²) in [7, 11) is -3.66. The van der Waals surface area contributed by atoms with Gasteiger partial charge in [0, 0.05) is 0 Å². The molecule has 0 aliphatic carbocycles. The highest BCUT2D eigenvalue weighted by molar-refractivity contribution is 7.89. The first-order valence-corrected chi connectivity index (χ1v) is 4.63. The van der Waals surface area contributed by atoms with Crippen LogP contribution in [-0.4, -0.2) is 15.0 Å². The van der Waals surface area contributed by atoms with Gasteiger partial charge >= 0.3 is 0 Å². The molecule has 0 N–H and O–H groups in total. The fourth-order valence-corrected chi connectivity index (χ4v) is 1.58. The molecule has 0 bridgehead atoms. The summed E-state index contributed by atoms with van der Waals surface area (Å²) in [4.78, 5) is 0. The average Bonchev–Trinajstić information content (AvgIpc) is 1.59. The van der Waals surface area contributed by atoms with E-state index in [9.17, 15) is 8.42 Å². The summed E-state index contributed by atoms with van der Waals surface area (Å²) in [6.45, 7) is 1.62. The quantitative estimate of drug-likeness (QED) is 0.657. The van der Waals surface area contributed by atoms with E-state index in [0.717, 1.165) is 0 Å². The summed E-state index contributed by atoms with van der Waals surface area (Å²) >= 11 is 10.1. The molecule has 6 heteroatoms. The summed E-state index contributed by atoms with van der Waals surface area (Å²) in [5.74, 6) is 0. The molecule has 0 aliphatic rings. The summed E-state index contributed by atoms with van der Waals surface area (Å²) in [5.41, 5.74) is 0. The highest BCUT2D eigenvalue weighted by Crippen LogP contribution is 2.09. The van der Waals surface area contributed by atoms with Crippen LogP contribution in [0.1, 0.15) is 6.92 Å². The molecule has 0 amide bonds. The molecule has 0 unspecified atom stereocenters.